The van der Waals surface area contributed by atoms with Crippen molar-refractivity contribution in [3.63, 3.8) is 0 Å². The average molecular weight is 405 g/mol. The Balaban J connectivity index is 0.00000261. The number of halogens is 3. The van der Waals surface area contributed by atoms with Crippen LogP contribution in [-0.4, -0.2) is 25.7 Å². The average Bonchev–Trinajstić information content (AvgIpc) is 2.60. The van der Waals surface area contributed by atoms with E-state index >= 15 is 0 Å². The Kier molecular flexibility index (Phi) is 7.68. The molecule has 3 rings (SSSR count). The molecule has 2 saturated carbocycles. The van der Waals surface area contributed by atoms with Crippen molar-refractivity contribution in [2.24, 2.45) is 23.5 Å². The number of carbonyl (C=O) groups excluding carboxylic acids is 1. The van der Waals surface area contributed by atoms with Gasteiger partial charge in [0.15, 0.2) is 0 Å². The highest BCUT2D eigenvalue weighted by Gasteiger charge is 2.40. The molecule has 2 unspecified atom stereocenters. The molecular formula is C19H27ClF2N2O3. The van der Waals surface area contributed by atoms with Crippen LogP contribution in [0.5, 0.6) is 11.5 Å². The third kappa shape index (κ3) is 5.23. The Bertz CT molecular complexity index is 633. The Labute approximate surface area is 164 Å². The molecule has 0 aromatic heterocycles. The number of alkyl halides is 2. The van der Waals surface area contributed by atoms with Crippen LogP contribution in [0.25, 0.3) is 0 Å². The van der Waals surface area contributed by atoms with Crippen LogP contribution in [0.3, 0.4) is 0 Å². The van der Waals surface area contributed by atoms with Gasteiger partial charge in [0.1, 0.15) is 11.5 Å². The lowest BCUT2D eigenvalue weighted by Crippen LogP contribution is -2.49. The predicted octanol–water partition coefficient (Wildman–Crippen LogP) is 3.49. The lowest BCUT2D eigenvalue weighted by Gasteiger charge is -2.43. The summed E-state index contributed by atoms with van der Waals surface area (Å²) in [6.07, 6.45) is 4.98. The van der Waals surface area contributed by atoms with E-state index in [1.54, 1.807) is 12.1 Å². The number of fused-ring (bicyclic) bond motifs is 2. The van der Waals surface area contributed by atoms with Gasteiger partial charge in [-0.1, -0.05) is 6.42 Å². The summed E-state index contributed by atoms with van der Waals surface area (Å²) in [7, 11) is 1.50. The van der Waals surface area contributed by atoms with Crippen LogP contribution < -0.4 is 20.5 Å². The molecule has 2 aliphatic carbocycles. The highest BCUT2D eigenvalue weighted by molar-refractivity contribution is 5.85. The highest BCUT2D eigenvalue weighted by atomic mass is 35.5. The standard InChI is InChI=1S/C19H26F2N2O3.ClH/c1-25-15-5-6-16(26-19(20)21)14(9-15)10-23-18(24)13-7-11-3-2-4-12(8-13)17(11)22;/h5-6,9,11-13,17,19H,2-4,7-8,10,22H2,1H3,(H,23,24);1H. The van der Waals surface area contributed by atoms with Gasteiger partial charge in [-0.05, 0) is 55.7 Å². The quantitative estimate of drug-likeness (QED) is 0.761. The number of amides is 1. The van der Waals surface area contributed by atoms with E-state index in [1.807, 2.05) is 0 Å². The largest absolute Gasteiger partial charge is 0.497 e. The fourth-order valence-corrected chi connectivity index (χ4v) is 4.36. The number of nitrogens with one attached hydrogen (secondary N) is 1. The summed E-state index contributed by atoms with van der Waals surface area (Å²) in [5.41, 5.74) is 6.74. The minimum absolute atomic E-state index is 0. The third-order valence-corrected chi connectivity index (χ3v) is 5.72. The van der Waals surface area contributed by atoms with E-state index in [0.29, 0.717) is 23.1 Å². The van der Waals surface area contributed by atoms with Crippen molar-refractivity contribution in [2.75, 3.05) is 7.11 Å². The predicted molar refractivity (Wildman–Crippen MR) is 100 cm³/mol. The van der Waals surface area contributed by atoms with Gasteiger partial charge in [0, 0.05) is 24.1 Å². The zero-order valence-electron chi connectivity index (χ0n) is 15.3. The molecule has 27 heavy (non-hydrogen) atoms. The normalized spacial score (nSPS) is 26.9. The monoisotopic (exact) mass is 404 g/mol. The Morgan fingerprint density at radius 2 is 1.96 bits per heavy atom. The van der Waals surface area contributed by atoms with Crippen LogP contribution in [0.2, 0.25) is 0 Å². The van der Waals surface area contributed by atoms with E-state index in [4.69, 9.17) is 10.5 Å². The van der Waals surface area contributed by atoms with Gasteiger partial charge in [0.2, 0.25) is 5.91 Å². The van der Waals surface area contributed by atoms with Gasteiger partial charge in [-0.25, -0.2) is 0 Å². The topological polar surface area (TPSA) is 73.6 Å². The van der Waals surface area contributed by atoms with Crippen LogP contribution in [0.4, 0.5) is 8.78 Å². The number of carbonyl (C=O) groups is 1. The lowest BCUT2D eigenvalue weighted by molar-refractivity contribution is -0.128. The molecule has 1 aromatic rings. The zero-order chi connectivity index (χ0) is 18.7. The number of nitrogens with two attached hydrogens (primary N) is 1. The number of hydrogen-bond acceptors (Lipinski definition) is 4. The number of hydrogen-bond donors (Lipinski definition) is 2. The highest BCUT2D eigenvalue weighted by Crippen LogP contribution is 2.42. The molecule has 8 heteroatoms. The first-order chi connectivity index (χ1) is 12.5. The molecular weight excluding hydrogens is 378 g/mol. The van der Waals surface area contributed by atoms with Gasteiger partial charge in [-0.2, -0.15) is 8.78 Å². The molecule has 152 valence electrons. The van der Waals surface area contributed by atoms with Gasteiger partial charge in [0.05, 0.1) is 7.11 Å². The van der Waals surface area contributed by atoms with Crippen molar-refractivity contribution in [3.05, 3.63) is 23.8 Å². The smallest absolute Gasteiger partial charge is 0.387 e. The van der Waals surface area contributed by atoms with E-state index in [1.165, 1.54) is 19.6 Å². The summed E-state index contributed by atoms with van der Waals surface area (Å²) in [5, 5.41) is 2.88. The van der Waals surface area contributed by atoms with Crippen molar-refractivity contribution in [1.82, 2.24) is 5.32 Å². The number of rotatable bonds is 6. The summed E-state index contributed by atoms with van der Waals surface area (Å²) in [6, 6.07) is 4.78. The van der Waals surface area contributed by atoms with Gasteiger partial charge >= 0.3 is 6.61 Å². The van der Waals surface area contributed by atoms with Crippen molar-refractivity contribution in [1.29, 1.82) is 0 Å². The first kappa shape index (κ1) is 21.7. The molecule has 0 heterocycles. The SMILES string of the molecule is COc1ccc(OC(F)F)c(CNC(=O)C2CC3CCCC(C2)C3N)c1.Cl. The van der Waals surface area contributed by atoms with Crippen LogP contribution >= 0.6 is 12.4 Å². The first-order valence-electron chi connectivity index (χ1n) is 9.13. The maximum atomic E-state index is 12.6. The first-order valence-corrected chi connectivity index (χ1v) is 9.13. The molecule has 2 bridgehead atoms. The Hall–Kier alpha value is -1.60. The minimum Gasteiger partial charge on any atom is -0.497 e. The molecule has 0 spiro atoms. The molecule has 3 N–H and O–H groups in total. The van der Waals surface area contributed by atoms with Gasteiger partial charge in [-0.3, -0.25) is 4.79 Å². The van der Waals surface area contributed by atoms with E-state index in [-0.39, 0.29) is 42.6 Å². The Morgan fingerprint density at radius 1 is 1.30 bits per heavy atom. The molecule has 5 nitrogen and oxygen atoms in total. The summed E-state index contributed by atoms with van der Waals surface area (Å²) < 4.78 is 34.8. The third-order valence-electron chi connectivity index (χ3n) is 5.72. The van der Waals surface area contributed by atoms with Crippen LogP contribution in [0.15, 0.2) is 18.2 Å². The molecule has 0 radical (unpaired) electrons. The van der Waals surface area contributed by atoms with Crippen LogP contribution in [0.1, 0.15) is 37.7 Å². The van der Waals surface area contributed by atoms with Crippen molar-refractivity contribution >= 4 is 18.3 Å². The van der Waals surface area contributed by atoms with E-state index in [2.05, 4.69) is 10.1 Å². The van der Waals surface area contributed by atoms with Crippen LogP contribution in [-0.2, 0) is 11.3 Å². The van der Waals surface area contributed by atoms with Gasteiger partial charge < -0.3 is 20.5 Å². The van der Waals surface area contributed by atoms with Crippen molar-refractivity contribution in [2.45, 2.75) is 51.3 Å². The maximum absolute atomic E-state index is 12.6. The molecule has 1 aromatic carbocycles. The molecule has 1 amide bonds. The fraction of sp³-hybridized carbons (Fsp3) is 0.632. The van der Waals surface area contributed by atoms with E-state index in [0.717, 1.165) is 25.7 Å². The second kappa shape index (κ2) is 9.55. The van der Waals surface area contributed by atoms with Gasteiger partial charge in [-0.15, -0.1) is 12.4 Å². The summed E-state index contributed by atoms with van der Waals surface area (Å²) in [5.74, 6) is 1.29. The van der Waals surface area contributed by atoms with E-state index in [9.17, 15) is 13.6 Å². The minimum atomic E-state index is -2.92. The number of benzene rings is 1. The molecule has 2 atom stereocenters. The second-order valence-corrected chi connectivity index (χ2v) is 7.27. The lowest BCUT2D eigenvalue weighted by atomic mass is 9.65. The summed E-state index contributed by atoms with van der Waals surface area (Å²) in [6.45, 7) is -2.80. The second-order valence-electron chi connectivity index (χ2n) is 7.27. The number of ether oxygens (including phenoxy) is 2. The van der Waals surface area contributed by atoms with Crippen molar-refractivity contribution in [3.8, 4) is 11.5 Å². The fourth-order valence-electron chi connectivity index (χ4n) is 4.36. The van der Waals surface area contributed by atoms with Crippen molar-refractivity contribution < 1.29 is 23.0 Å². The van der Waals surface area contributed by atoms with Crippen LogP contribution in [0, 0.1) is 17.8 Å². The summed E-state index contributed by atoms with van der Waals surface area (Å²) >= 11 is 0. The number of methoxy groups -OCH3 is 1. The summed E-state index contributed by atoms with van der Waals surface area (Å²) in [4.78, 5) is 12.6. The van der Waals surface area contributed by atoms with E-state index < -0.39 is 6.61 Å². The molecule has 2 fully saturated rings. The van der Waals surface area contributed by atoms with Gasteiger partial charge in [0.25, 0.3) is 0 Å². The maximum Gasteiger partial charge on any atom is 0.387 e. The Morgan fingerprint density at radius 3 is 2.56 bits per heavy atom. The molecule has 0 saturated heterocycles. The molecule has 2 aliphatic rings. The zero-order valence-corrected chi connectivity index (χ0v) is 16.1. The molecule has 0 aliphatic heterocycles.